The second-order valence-electron chi connectivity index (χ2n) is 6.28. The van der Waals surface area contributed by atoms with Crippen LogP contribution in [0.25, 0.3) is 0 Å². The summed E-state index contributed by atoms with van der Waals surface area (Å²) in [6.07, 6.45) is -4.24. The van der Waals surface area contributed by atoms with Crippen LogP contribution >= 0.6 is 11.8 Å². The number of amides is 1. The van der Waals surface area contributed by atoms with Crippen LogP contribution in [-0.4, -0.2) is 94.0 Å². The van der Waals surface area contributed by atoms with Crippen LogP contribution in [0.5, 0.6) is 0 Å². The molecule has 10 nitrogen and oxygen atoms in total. The van der Waals surface area contributed by atoms with Crippen molar-refractivity contribution in [2.24, 2.45) is 0 Å². The lowest BCUT2D eigenvalue weighted by Gasteiger charge is -2.39. The van der Waals surface area contributed by atoms with E-state index >= 15 is 0 Å². The molecule has 1 aliphatic heterocycles. The first-order chi connectivity index (χ1) is 12.9. The molecule has 1 fully saturated rings. The molecule has 158 valence electrons. The van der Waals surface area contributed by atoms with Gasteiger partial charge in [-0.3, -0.25) is 9.63 Å². The van der Waals surface area contributed by atoms with E-state index in [0.717, 1.165) is 24.3 Å². The van der Waals surface area contributed by atoms with Crippen molar-refractivity contribution in [3.05, 3.63) is 0 Å². The van der Waals surface area contributed by atoms with Gasteiger partial charge < -0.3 is 35.3 Å². The molecule has 27 heavy (non-hydrogen) atoms. The molecule has 1 rings (SSSR count). The molecule has 0 spiro atoms. The highest BCUT2D eigenvalue weighted by atomic mass is 32.2. The molecule has 0 aromatic carbocycles. The molecule has 1 saturated heterocycles. The Hall–Kier alpha value is -0.790. The van der Waals surface area contributed by atoms with Crippen molar-refractivity contribution in [3.8, 4) is 0 Å². The standard InChI is InChI=1S/C16H30N2O8S/c1-10(20)4-2-3-6-27-7-5-17-12(21)9-25-18-16-15(24)14(23)13(22)11(8-19)26-16/h11,13-16,18-19,22-24H,2-9H2,1H3,(H,17,21)/t11?,13-,14?,15+,16?/m1/s1. The van der Waals surface area contributed by atoms with E-state index in [9.17, 15) is 24.9 Å². The largest absolute Gasteiger partial charge is 0.394 e. The molecule has 5 atom stereocenters. The van der Waals surface area contributed by atoms with Gasteiger partial charge in [0.1, 0.15) is 36.8 Å². The highest BCUT2D eigenvalue weighted by Crippen LogP contribution is 2.19. The molecule has 11 heteroatoms. The number of hydrogen-bond donors (Lipinski definition) is 6. The zero-order valence-electron chi connectivity index (χ0n) is 15.4. The first-order valence-corrected chi connectivity index (χ1v) is 10.0. The Labute approximate surface area is 162 Å². The van der Waals surface area contributed by atoms with Crippen LogP contribution in [0, 0.1) is 0 Å². The fraction of sp³-hybridized carbons (Fsp3) is 0.875. The van der Waals surface area contributed by atoms with Crippen molar-refractivity contribution in [1.82, 2.24) is 10.8 Å². The van der Waals surface area contributed by atoms with Crippen molar-refractivity contribution in [1.29, 1.82) is 0 Å². The van der Waals surface area contributed by atoms with Crippen molar-refractivity contribution < 1.29 is 39.6 Å². The van der Waals surface area contributed by atoms with E-state index in [1.54, 1.807) is 18.7 Å². The number of Topliss-reactive ketones (excluding diaryl/α,β-unsaturated/α-hetero) is 1. The van der Waals surface area contributed by atoms with Gasteiger partial charge >= 0.3 is 0 Å². The van der Waals surface area contributed by atoms with Gasteiger partial charge in [0.2, 0.25) is 5.91 Å². The number of rotatable bonds is 13. The maximum Gasteiger partial charge on any atom is 0.248 e. The highest BCUT2D eigenvalue weighted by Gasteiger charge is 2.43. The van der Waals surface area contributed by atoms with Gasteiger partial charge in [-0.05, 0) is 25.5 Å². The van der Waals surface area contributed by atoms with E-state index in [-0.39, 0.29) is 18.3 Å². The molecule has 6 N–H and O–H groups in total. The number of thioether (sulfide) groups is 1. The zero-order valence-corrected chi connectivity index (χ0v) is 16.2. The molecular formula is C16H30N2O8S. The maximum absolute atomic E-state index is 11.7. The van der Waals surface area contributed by atoms with Gasteiger partial charge in [0, 0.05) is 18.7 Å². The third-order valence-corrected chi connectivity index (χ3v) is 5.00. The number of ketones is 1. The van der Waals surface area contributed by atoms with E-state index < -0.39 is 37.3 Å². The number of ether oxygens (including phenoxy) is 1. The Balaban J connectivity index is 2.09. The van der Waals surface area contributed by atoms with Gasteiger partial charge in [0.05, 0.1) is 6.61 Å². The number of hydrogen-bond acceptors (Lipinski definition) is 10. The average Bonchev–Trinajstić information content (AvgIpc) is 2.63. The Morgan fingerprint density at radius 3 is 2.52 bits per heavy atom. The van der Waals surface area contributed by atoms with Crippen molar-refractivity contribution in [3.63, 3.8) is 0 Å². The van der Waals surface area contributed by atoms with Gasteiger partial charge in [-0.15, -0.1) is 0 Å². The number of aliphatic hydroxyl groups excluding tert-OH is 4. The molecule has 0 bridgehead atoms. The summed E-state index contributed by atoms with van der Waals surface area (Å²) in [5.74, 6) is 1.50. The molecular weight excluding hydrogens is 380 g/mol. The minimum absolute atomic E-state index is 0.199. The van der Waals surface area contributed by atoms with Gasteiger partial charge in [-0.1, -0.05) is 0 Å². The van der Waals surface area contributed by atoms with Gasteiger partial charge in [0.25, 0.3) is 0 Å². The first-order valence-electron chi connectivity index (χ1n) is 8.88. The number of carbonyl (C=O) groups is 2. The molecule has 0 aromatic rings. The van der Waals surface area contributed by atoms with E-state index in [1.165, 1.54) is 0 Å². The van der Waals surface area contributed by atoms with E-state index in [2.05, 4.69) is 10.8 Å². The van der Waals surface area contributed by atoms with E-state index in [4.69, 9.17) is 14.7 Å². The van der Waals surface area contributed by atoms with Crippen LogP contribution < -0.4 is 10.8 Å². The number of carbonyl (C=O) groups excluding carboxylic acids is 2. The van der Waals surface area contributed by atoms with Crippen molar-refractivity contribution in [2.75, 3.05) is 31.3 Å². The Kier molecular flexibility index (Phi) is 12.0. The highest BCUT2D eigenvalue weighted by molar-refractivity contribution is 7.99. The molecule has 1 heterocycles. The summed E-state index contributed by atoms with van der Waals surface area (Å²) in [5.41, 5.74) is 2.30. The van der Waals surface area contributed by atoms with E-state index in [0.29, 0.717) is 13.0 Å². The van der Waals surface area contributed by atoms with Gasteiger partial charge in [-0.25, -0.2) is 0 Å². The van der Waals surface area contributed by atoms with Crippen molar-refractivity contribution in [2.45, 2.75) is 56.8 Å². The number of hydroxylamine groups is 1. The van der Waals surface area contributed by atoms with Crippen molar-refractivity contribution >= 4 is 23.5 Å². The van der Waals surface area contributed by atoms with Crippen LogP contribution in [0.3, 0.4) is 0 Å². The second kappa shape index (κ2) is 13.4. The summed E-state index contributed by atoms with van der Waals surface area (Å²) in [4.78, 5) is 27.4. The lowest BCUT2D eigenvalue weighted by molar-refractivity contribution is -0.260. The predicted molar refractivity (Wildman–Crippen MR) is 97.7 cm³/mol. The fourth-order valence-electron chi connectivity index (χ4n) is 2.38. The lowest BCUT2D eigenvalue weighted by atomic mass is 9.99. The van der Waals surface area contributed by atoms with Gasteiger partial charge in [-0.2, -0.15) is 17.2 Å². The Morgan fingerprint density at radius 2 is 1.85 bits per heavy atom. The normalized spacial score (nSPS) is 28.1. The van der Waals surface area contributed by atoms with E-state index in [1.807, 2.05) is 0 Å². The number of unbranched alkanes of at least 4 members (excludes halogenated alkanes) is 1. The molecule has 1 amide bonds. The molecule has 0 aliphatic carbocycles. The summed E-state index contributed by atoms with van der Waals surface area (Å²) in [6, 6.07) is 0. The Bertz CT molecular complexity index is 454. The van der Waals surface area contributed by atoms with Crippen LogP contribution in [0.4, 0.5) is 0 Å². The number of aliphatic hydroxyl groups is 4. The SMILES string of the molecule is CC(=O)CCCCSCCNC(=O)CONC1OC(CO)[C@@H](O)C(O)[C@@H]1O. The lowest BCUT2D eigenvalue weighted by Crippen LogP contribution is -2.62. The first kappa shape index (κ1) is 24.2. The summed E-state index contributed by atoms with van der Waals surface area (Å²) in [7, 11) is 0. The Morgan fingerprint density at radius 1 is 1.11 bits per heavy atom. The minimum atomic E-state index is -1.52. The van der Waals surface area contributed by atoms with Crippen LogP contribution in [0.15, 0.2) is 0 Å². The topological polar surface area (TPSA) is 158 Å². The molecule has 0 saturated carbocycles. The summed E-state index contributed by atoms with van der Waals surface area (Å²) < 4.78 is 5.17. The molecule has 3 unspecified atom stereocenters. The smallest absolute Gasteiger partial charge is 0.248 e. The predicted octanol–water partition coefficient (Wildman–Crippen LogP) is -2.08. The minimum Gasteiger partial charge on any atom is -0.394 e. The third kappa shape index (κ3) is 9.30. The zero-order chi connectivity index (χ0) is 20.2. The van der Waals surface area contributed by atoms with Crippen LogP contribution in [-0.2, 0) is 19.2 Å². The number of nitrogens with one attached hydrogen (secondary N) is 2. The molecule has 1 aliphatic rings. The summed E-state index contributed by atoms with van der Waals surface area (Å²) >= 11 is 1.69. The fourth-order valence-corrected chi connectivity index (χ4v) is 3.24. The summed E-state index contributed by atoms with van der Waals surface area (Å²) in [6.45, 7) is 1.17. The molecule has 0 radical (unpaired) electrons. The maximum atomic E-state index is 11.7. The molecule has 0 aromatic heterocycles. The summed E-state index contributed by atoms with van der Waals surface area (Å²) in [5, 5.41) is 40.8. The second-order valence-corrected chi connectivity index (χ2v) is 7.50. The average molecular weight is 410 g/mol. The van der Waals surface area contributed by atoms with Gasteiger partial charge in [0.15, 0.2) is 6.23 Å². The third-order valence-electron chi connectivity index (χ3n) is 3.93. The van der Waals surface area contributed by atoms with Crippen LogP contribution in [0.1, 0.15) is 26.2 Å². The quantitative estimate of drug-likeness (QED) is 0.147. The van der Waals surface area contributed by atoms with Crippen LogP contribution in [0.2, 0.25) is 0 Å². The monoisotopic (exact) mass is 410 g/mol.